The summed E-state index contributed by atoms with van der Waals surface area (Å²) in [5.74, 6) is -2.81. The molecule has 0 aromatic carbocycles. The zero-order valence-corrected chi connectivity index (χ0v) is 13.2. The van der Waals surface area contributed by atoms with Gasteiger partial charge >= 0.3 is 18.0 Å². The molecule has 0 saturated carbocycles. The summed E-state index contributed by atoms with van der Waals surface area (Å²) in [5.41, 5.74) is 0.0195. The van der Waals surface area contributed by atoms with Crippen molar-refractivity contribution in [3.63, 3.8) is 0 Å². The van der Waals surface area contributed by atoms with E-state index in [4.69, 9.17) is 4.74 Å². The fraction of sp³-hybridized carbons (Fsp3) is 0.417. The van der Waals surface area contributed by atoms with Crippen molar-refractivity contribution in [2.45, 2.75) is 6.18 Å². The maximum Gasteiger partial charge on any atom is 0.471 e. The summed E-state index contributed by atoms with van der Waals surface area (Å²) in [5, 5.41) is 3.18. The average Bonchev–Trinajstić information content (AvgIpc) is 3.05. The molecule has 2 aromatic rings. The van der Waals surface area contributed by atoms with E-state index < -0.39 is 27.7 Å². The van der Waals surface area contributed by atoms with Crippen LogP contribution in [-0.4, -0.2) is 54.9 Å². The second kappa shape index (κ2) is 6.48. The third-order valence-electron chi connectivity index (χ3n) is 3.11. The van der Waals surface area contributed by atoms with Gasteiger partial charge in [-0.05, 0) is 0 Å². The molecule has 0 radical (unpaired) electrons. The van der Waals surface area contributed by atoms with Crippen LogP contribution in [0.3, 0.4) is 0 Å². The number of ether oxygens (including phenoxy) is 1. The van der Waals surface area contributed by atoms with E-state index in [2.05, 4.69) is 29.0 Å². The second-order valence-electron chi connectivity index (χ2n) is 4.91. The molecule has 2 aromatic heterocycles. The summed E-state index contributed by atoms with van der Waals surface area (Å²) in [6, 6.07) is 0. The zero-order chi connectivity index (χ0) is 18.1. The molecule has 134 valence electrons. The number of carbonyl (C=O) groups excluding carboxylic acids is 1. The summed E-state index contributed by atoms with van der Waals surface area (Å²) in [4.78, 5) is 22.6. The van der Waals surface area contributed by atoms with Gasteiger partial charge in [-0.1, -0.05) is 5.16 Å². The number of halogens is 3. The van der Waals surface area contributed by atoms with Crippen LogP contribution in [0.4, 0.5) is 13.2 Å². The van der Waals surface area contributed by atoms with E-state index >= 15 is 0 Å². The van der Waals surface area contributed by atoms with Gasteiger partial charge in [-0.25, -0.2) is 14.2 Å². The Bertz CT molecular complexity index is 890. The molecule has 1 aliphatic rings. The van der Waals surface area contributed by atoms with Crippen molar-refractivity contribution >= 4 is 15.6 Å². The minimum atomic E-state index is -4.77. The summed E-state index contributed by atoms with van der Waals surface area (Å²) in [6.07, 6.45) is -2.66. The Balaban J connectivity index is 1.80. The maximum absolute atomic E-state index is 12.4. The van der Waals surface area contributed by atoms with Crippen molar-refractivity contribution in [2.75, 3.05) is 24.7 Å². The van der Waals surface area contributed by atoms with Gasteiger partial charge in [0.05, 0.1) is 40.0 Å². The highest BCUT2D eigenvalue weighted by Crippen LogP contribution is 2.29. The first-order valence-corrected chi connectivity index (χ1v) is 8.70. The molecule has 3 heterocycles. The Morgan fingerprint density at radius 1 is 1.20 bits per heavy atom. The molecule has 9 nitrogen and oxygen atoms in total. The molecule has 0 bridgehead atoms. The van der Waals surface area contributed by atoms with Gasteiger partial charge in [-0.15, -0.1) is 0 Å². The highest BCUT2D eigenvalue weighted by atomic mass is 32.2. The lowest BCUT2D eigenvalue weighted by atomic mass is 10.3. The van der Waals surface area contributed by atoms with E-state index in [1.54, 1.807) is 0 Å². The third kappa shape index (κ3) is 3.99. The molecule has 3 rings (SSSR count). The molecule has 1 fully saturated rings. The monoisotopic (exact) mass is 377 g/mol. The molecular formula is C12H10F3N5O4S. The number of rotatable bonds is 2. The fourth-order valence-electron chi connectivity index (χ4n) is 1.88. The predicted molar refractivity (Wildman–Crippen MR) is 75.8 cm³/mol. The highest BCUT2D eigenvalue weighted by molar-refractivity contribution is 7.94. The normalized spacial score (nSPS) is 17.2. The van der Waals surface area contributed by atoms with Crippen LogP contribution in [0.25, 0.3) is 11.4 Å². The van der Waals surface area contributed by atoms with Crippen LogP contribution >= 0.6 is 0 Å². The lowest BCUT2D eigenvalue weighted by Gasteiger charge is -2.15. The predicted octanol–water partition coefficient (Wildman–Crippen LogP) is 1.18. The van der Waals surface area contributed by atoms with Crippen LogP contribution in [0.2, 0.25) is 0 Å². The van der Waals surface area contributed by atoms with E-state index in [1.165, 1.54) is 0 Å². The average molecular weight is 377 g/mol. The highest BCUT2D eigenvalue weighted by Gasteiger charge is 2.38. The van der Waals surface area contributed by atoms with E-state index in [0.29, 0.717) is 0 Å². The van der Waals surface area contributed by atoms with E-state index in [-0.39, 0.29) is 41.9 Å². The fourth-order valence-corrected chi connectivity index (χ4v) is 3.40. The van der Waals surface area contributed by atoms with E-state index in [0.717, 1.165) is 12.4 Å². The molecule has 0 N–H and O–H groups in total. The van der Waals surface area contributed by atoms with Gasteiger partial charge in [0.25, 0.3) is 0 Å². The summed E-state index contributed by atoms with van der Waals surface area (Å²) in [6.45, 7) is 0.490. The van der Waals surface area contributed by atoms with Crippen molar-refractivity contribution < 1.29 is 31.4 Å². The van der Waals surface area contributed by atoms with Crippen LogP contribution in [0.15, 0.2) is 21.3 Å². The summed E-state index contributed by atoms with van der Waals surface area (Å²) in [7, 11) is -2.71. The Morgan fingerprint density at radius 3 is 2.40 bits per heavy atom. The van der Waals surface area contributed by atoms with Crippen LogP contribution in [0.1, 0.15) is 16.5 Å². The quantitative estimate of drug-likeness (QED) is 0.765. The number of alkyl halides is 3. The molecule has 1 aliphatic heterocycles. The lowest BCUT2D eigenvalue weighted by Crippen LogP contribution is -2.26. The largest absolute Gasteiger partial charge is 0.471 e. The minimum absolute atomic E-state index is 0.0195. The topological polar surface area (TPSA) is 120 Å². The first-order chi connectivity index (χ1) is 11.8. The van der Waals surface area contributed by atoms with E-state index in [1.807, 2.05) is 0 Å². The van der Waals surface area contributed by atoms with Gasteiger partial charge in [-0.3, -0.25) is 4.79 Å². The number of hydrogen-bond donors (Lipinski definition) is 0. The smallest absolute Gasteiger partial charge is 0.379 e. The van der Waals surface area contributed by atoms with E-state index in [9.17, 15) is 22.2 Å². The molecule has 0 atom stereocenters. The second-order valence-corrected chi connectivity index (χ2v) is 7.45. The first-order valence-electron chi connectivity index (χ1n) is 6.85. The van der Waals surface area contributed by atoms with Crippen LogP contribution < -0.4 is 0 Å². The van der Waals surface area contributed by atoms with Gasteiger partial charge in [0.1, 0.15) is 0 Å². The number of hydrogen-bond acceptors (Lipinski definition) is 8. The summed E-state index contributed by atoms with van der Waals surface area (Å²) < 4.78 is 62.4. The van der Waals surface area contributed by atoms with Crippen LogP contribution in [0, 0.1) is 0 Å². The van der Waals surface area contributed by atoms with Crippen LogP contribution in [0.5, 0.6) is 0 Å². The van der Waals surface area contributed by atoms with Gasteiger partial charge in [-0.2, -0.15) is 22.5 Å². The summed E-state index contributed by atoms with van der Waals surface area (Å²) >= 11 is 0. The molecule has 13 heteroatoms. The first kappa shape index (κ1) is 17.4. The molecule has 1 amide bonds. The SMILES string of the molecule is O=C(N=S1(=O)CCOCC1)c1ncc(-c2noc(C(F)(F)F)n2)cn1. The number of nitrogens with zero attached hydrogens (tertiary/aromatic N) is 5. The molecular weight excluding hydrogens is 367 g/mol. The van der Waals surface area contributed by atoms with Crippen molar-refractivity contribution in [3.8, 4) is 11.4 Å². The number of amides is 1. The number of carbonyl (C=O) groups is 1. The molecule has 0 unspecified atom stereocenters. The Hall–Kier alpha value is -2.41. The third-order valence-corrected chi connectivity index (χ3v) is 5.22. The lowest BCUT2D eigenvalue weighted by molar-refractivity contribution is -0.159. The minimum Gasteiger partial charge on any atom is -0.379 e. The van der Waals surface area contributed by atoms with Crippen molar-refractivity contribution in [1.29, 1.82) is 0 Å². The molecule has 25 heavy (non-hydrogen) atoms. The number of aromatic nitrogens is 4. The van der Waals surface area contributed by atoms with Gasteiger partial charge in [0.2, 0.25) is 11.6 Å². The molecule has 1 saturated heterocycles. The van der Waals surface area contributed by atoms with Crippen molar-refractivity contribution in [1.82, 2.24) is 20.1 Å². The van der Waals surface area contributed by atoms with Crippen molar-refractivity contribution in [2.24, 2.45) is 4.36 Å². The Kier molecular flexibility index (Phi) is 4.51. The van der Waals surface area contributed by atoms with Gasteiger partial charge in [0.15, 0.2) is 0 Å². The Labute approximate surface area is 138 Å². The standard InChI is InChI=1S/C12H10F3N5O4S/c13-12(14,15)11-18-8(19-24-11)7-5-16-9(17-6-7)10(21)20-25(22)3-1-23-2-4-25/h5-6H,1-4H2. The molecule has 0 spiro atoms. The zero-order valence-electron chi connectivity index (χ0n) is 12.4. The maximum atomic E-state index is 12.4. The Morgan fingerprint density at radius 2 is 1.84 bits per heavy atom. The van der Waals surface area contributed by atoms with Gasteiger partial charge in [0, 0.05) is 12.4 Å². The van der Waals surface area contributed by atoms with Crippen LogP contribution in [-0.2, 0) is 20.6 Å². The van der Waals surface area contributed by atoms with Gasteiger partial charge < -0.3 is 9.26 Å². The van der Waals surface area contributed by atoms with Crippen molar-refractivity contribution in [3.05, 3.63) is 24.1 Å². The molecule has 0 aliphatic carbocycles.